The molecule has 3 aromatic rings. The highest BCUT2D eigenvalue weighted by Crippen LogP contribution is 2.56. The van der Waals surface area contributed by atoms with E-state index in [0.717, 1.165) is 53.0 Å². The molecule has 1 saturated heterocycles. The second kappa shape index (κ2) is 15.8. The van der Waals surface area contributed by atoms with Gasteiger partial charge in [-0.05, 0) is 67.5 Å². The van der Waals surface area contributed by atoms with Gasteiger partial charge >= 0.3 is 6.18 Å². The van der Waals surface area contributed by atoms with E-state index in [-0.39, 0.29) is 11.0 Å². The first-order chi connectivity index (χ1) is 26.4. The minimum absolute atomic E-state index is 0.209. The maximum Gasteiger partial charge on any atom is 0.437 e. The predicted octanol–water partition coefficient (Wildman–Crippen LogP) is 9.79. The Bertz CT molecular complexity index is 2250. The molecule has 3 aliphatic rings. The number of alkyl halides is 3. The molecule has 1 atom stereocenters. The summed E-state index contributed by atoms with van der Waals surface area (Å²) < 4.78 is 63.7. The molecule has 3 heterocycles. The Balaban J connectivity index is 1.47. The van der Waals surface area contributed by atoms with Crippen molar-refractivity contribution in [3.8, 4) is 18.2 Å². The second-order valence-electron chi connectivity index (χ2n) is 14.4. The molecule has 11 heteroatoms. The summed E-state index contributed by atoms with van der Waals surface area (Å²) in [5, 5.41) is 30.5. The Kier molecular flexibility index (Phi) is 11.1. The molecule has 2 aromatic carbocycles. The SMILES string of the molecule is CCN(CC)c1ccc2cc(/C=C/C3=C(N4CCOCC4)C(=C/C=C/C4=C(C#N)C(=C(C#N)C#N)OC4(c4ccccc4)C(F)(F)F)/CC(C)(C)C3)oc2c1. The summed E-state index contributed by atoms with van der Waals surface area (Å²) in [4.78, 5) is 4.51. The van der Waals surface area contributed by atoms with Gasteiger partial charge in [-0.2, -0.15) is 29.0 Å². The standard InChI is InChI=1S/C44H42F3N5O3/c1-5-51(6-2)35-17-15-30-23-36(54-39(30)24-35)18-16-32-26-42(3,4)25-31(40(32)52-19-21-53-22-20-52)11-10-14-38-37(29-50)41(33(27-48)28-49)55-43(38,44(45,46)47)34-12-8-7-9-13-34/h7-18,23-24H,5-6,19-22,25-26H2,1-4H3/b14-10+,18-16+,31-11+. The van der Waals surface area contributed by atoms with E-state index in [2.05, 4.69) is 61.8 Å². The average molecular weight is 746 g/mol. The van der Waals surface area contributed by atoms with Gasteiger partial charge < -0.3 is 23.7 Å². The molecule has 2 aliphatic heterocycles. The van der Waals surface area contributed by atoms with Gasteiger partial charge in [0.25, 0.3) is 5.60 Å². The third-order valence-electron chi connectivity index (χ3n) is 10.2. The van der Waals surface area contributed by atoms with Crippen molar-refractivity contribution in [1.82, 2.24) is 4.90 Å². The summed E-state index contributed by atoms with van der Waals surface area (Å²) >= 11 is 0. The summed E-state index contributed by atoms with van der Waals surface area (Å²) in [6.45, 7) is 12.6. The quantitative estimate of drug-likeness (QED) is 0.199. The molecule has 0 amide bonds. The molecule has 0 radical (unpaired) electrons. The summed E-state index contributed by atoms with van der Waals surface area (Å²) in [6.07, 6.45) is 4.85. The molecule has 1 aliphatic carbocycles. The zero-order chi connectivity index (χ0) is 39.4. The maximum atomic E-state index is 15.4. The third kappa shape index (κ3) is 7.56. The molecular formula is C44H42F3N5O3. The van der Waals surface area contributed by atoms with Gasteiger partial charge in [0.2, 0.25) is 0 Å². The predicted molar refractivity (Wildman–Crippen MR) is 205 cm³/mol. The van der Waals surface area contributed by atoms with Gasteiger partial charge in [0.1, 0.15) is 35.1 Å². The molecule has 0 saturated carbocycles. The van der Waals surface area contributed by atoms with Crippen LogP contribution in [0.3, 0.4) is 0 Å². The van der Waals surface area contributed by atoms with Crippen molar-refractivity contribution in [3.63, 3.8) is 0 Å². The van der Waals surface area contributed by atoms with E-state index >= 15 is 13.2 Å². The lowest BCUT2D eigenvalue weighted by Crippen LogP contribution is -2.43. The summed E-state index contributed by atoms with van der Waals surface area (Å²) in [5.41, 5.74) is -0.572. The Morgan fingerprint density at radius 1 is 0.927 bits per heavy atom. The van der Waals surface area contributed by atoms with E-state index in [0.29, 0.717) is 38.5 Å². The smallest absolute Gasteiger partial charge is 0.437 e. The number of halogens is 3. The normalized spacial score (nSPS) is 21.0. The van der Waals surface area contributed by atoms with E-state index in [4.69, 9.17) is 13.9 Å². The van der Waals surface area contributed by atoms with E-state index in [1.807, 2.05) is 12.1 Å². The van der Waals surface area contributed by atoms with Crippen LogP contribution in [0.5, 0.6) is 0 Å². The van der Waals surface area contributed by atoms with Crippen LogP contribution < -0.4 is 4.90 Å². The number of nitriles is 3. The van der Waals surface area contributed by atoms with E-state index in [9.17, 15) is 15.8 Å². The van der Waals surface area contributed by atoms with Crippen LogP contribution in [0.2, 0.25) is 0 Å². The van der Waals surface area contributed by atoms with Gasteiger partial charge in [0.15, 0.2) is 11.3 Å². The number of hydrogen-bond acceptors (Lipinski definition) is 8. The van der Waals surface area contributed by atoms with E-state index in [1.54, 1.807) is 30.4 Å². The van der Waals surface area contributed by atoms with Crippen molar-refractivity contribution >= 4 is 22.7 Å². The first-order valence-electron chi connectivity index (χ1n) is 18.3. The lowest BCUT2D eigenvalue weighted by molar-refractivity contribution is -0.249. The fourth-order valence-electron chi connectivity index (χ4n) is 7.72. The van der Waals surface area contributed by atoms with E-state index in [1.165, 1.54) is 36.4 Å². The number of morpholine rings is 1. The molecule has 6 rings (SSSR count). The molecule has 0 spiro atoms. The van der Waals surface area contributed by atoms with Gasteiger partial charge in [0, 0.05) is 60.2 Å². The fraction of sp³-hybridized carbons (Fsp3) is 0.341. The number of ether oxygens (including phenoxy) is 2. The lowest BCUT2D eigenvalue weighted by atomic mass is 9.73. The first-order valence-corrected chi connectivity index (χ1v) is 18.3. The van der Waals surface area contributed by atoms with Crippen molar-refractivity contribution in [2.75, 3.05) is 44.3 Å². The Hall–Kier alpha value is -5.96. The van der Waals surface area contributed by atoms with Crippen LogP contribution in [0.1, 0.15) is 51.9 Å². The van der Waals surface area contributed by atoms with Gasteiger partial charge in [0.05, 0.1) is 13.2 Å². The van der Waals surface area contributed by atoms with E-state index < -0.39 is 34.3 Å². The fourth-order valence-corrected chi connectivity index (χ4v) is 7.72. The summed E-state index contributed by atoms with van der Waals surface area (Å²) in [5.74, 6) is 0.00451. The van der Waals surface area contributed by atoms with Crippen LogP contribution in [0.15, 0.2) is 123 Å². The molecule has 282 valence electrons. The number of rotatable bonds is 9. The van der Waals surface area contributed by atoms with Crippen molar-refractivity contribution in [2.45, 2.75) is 52.3 Å². The topological polar surface area (TPSA) is 109 Å². The first kappa shape index (κ1) is 38.8. The Morgan fingerprint density at radius 3 is 2.27 bits per heavy atom. The lowest BCUT2D eigenvalue weighted by Gasteiger charge is -2.41. The van der Waals surface area contributed by atoms with Crippen LogP contribution in [0, 0.1) is 39.4 Å². The molecule has 55 heavy (non-hydrogen) atoms. The molecule has 1 aromatic heterocycles. The highest BCUT2D eigenvalue weighted by molar-refractivity contribution is 5.83. The van der Waals surface area contributed by atoms with Gasteiger partial charge in [-0.3, -0.25) is 0 Å². The summed E-state index contributed by atoms with van der Waals surface area (Å²) in [6, 6.07) is 20.2. The zero-order valence-electron chi connectivity index (χ0n) is 31.3. The monoisotopic (exact) mass is 745 g/mol. The number of fused-ring (bicyclic) bond motifs is 1. The zero-order valence-corrected chi connectivity index (χ0v) is 31.3. The van der Waals surface area contributed by atoms with Crippen LogP contribution in [-0.4, -0.2) is 50.5 Å². The third-order valence-corrected chi connectivity index (χ3v) is 10.2. The van der Waals surface area contributed by atoms with Crippen molar-refractivity contribution in [2.24, 2.45) is 5.41 Å². The molecule has 1 unspecified atom stereocenters. The largest absolute Gasteiger partial charge is 0.465 e. The van der Waals surface area contributed by atoms with Crippen LogP contribution in [0.25, 0.3) is 17.0 Å². The minimum Gasteiger partial charge on any atom is -0.465 e. The Labute approximate surface area is 319 Å². The van der Waals surface area contributed by atoms with Gasteiger partial charge in [-0.1, -0.05) is 68.5 Å². The van der Waals surface area contributed by atoms with Crippen molar-refractivity contribution in [3.05, 3.63) is 130 Å². The van der Waals surface area contributed by atoms with Crippen LogP contribution in [0.4, 0.5) is 18.9 Å². The number of furan rings is 1. The Morgan fingerprint density at radius 2 is 1.64 bits per heavy atom. The van der Waals surface area contributed by atoms with Crippen molar-refractivity contribution in [1.29, 1.82) is 15.8 Å². The maximum absolute atomic E-state index is 15.4. The van der Waals surface area contributed by atoms with Crippen molar-refractivity contribution < 1.29 is 27.1 Å². The molecule has 0 bridgehead atoms. The van der Waals surface area contributed by atoms with Crippen LogP contribution in [-0.2, 0) is 15.1 Å². The second-order valence-corrected chi connectivity index (χ2v) is 14.4. The minimum atomic E-state index is -5.08. The number of hydrogen-bond donors (Lipinski definition) is 0. The average Bonchev–Trinajstić information content (AvgIpc) is 3.74. The van der Waals surface area contributed by atoms with Crippen LogP contribution >= 0.6 is 0 Å². The molecule has 8 nitrogen and oxygen atoms in total. The summed E-state index contributed by atoms with van der Waals surface area (Å²) in [7, 11) is 0. The molecule has 0 N–H and O–H groups in total. The number of allylic oxidation sites excluding steroid dienone is 7. The highest BCUT2D eigenvalue weighted by Gasteiger charge is 2.65. The molecule has 1 fully saturated rings. The van der Waals surface area contributed by atoms with Gasteiger partial charge in [-0.25, -0.2) is 0 Å². The highest BCUT2D eigenvalue weighted by atomic mass is 19.4. The molecular weight excluding hydrogens is 704 g/mol. The number of nitrogens with zero attached hydrogens (tertiary/aromatic N) is 5. The van der Waals surface area contributed by atoms with Gasteiger partial charge in [-0.15, -0.1) is 0 Å². The number of benzene rings is 2. The number of anilines is 1.